The number of furan rings is 1. The molecule has 1 atom stereocenters. The molecule has 1 aliphatic carbocycles. The molecule has 0 saturated carbocycles. The predicted molar refractivity (Wildman–Crippen MR) is 74.4 cm³/mol. The van der Waals surface area contributed by atoms with Crippen LogP contribution < -0.4 is 4.72 Å². The Morgan fingerprint density at radius 1 is 1.35 bits per heavy atom. The van der Waals surface area contributed by atoms with Crippen molar-refractivity contribution in [1.29, 1.82) is 0 Å². The summed E-state index contributed by atoms with van der Waals surface area (Å²) >= 11 is 1.65. The zero-order valence-electron chi connectivity index (χ0n) is 10.5. The van der Waals surface area contributed by atoms with Gasteiger partial charge in [0.15, 0.2) is 12.0 Å². The Morgan fingerprint density at radius 3 is 2.95 bits per heavy atom. The molecule has 0 aliphatic heterocycles. The van der Waals surface area contributed by atoms with E-state index in [9.17, 15) is 13.2 Å². The van der Waals surface area contributed by atoms with Gasteiger partial charge in [0.2, 0.25) is 5.09 Å². The van der Waals surface area contributed by atoms with E-state index >= 15 is 0 Å². The molecule has 2 aromatic rings. The summed E-state index contributed by atoms with van der Waals surface area (Å²) in [6.45, 7) is 0. The van der Waals surface area contributed by atoms with Gasteiger partial charge >= 0.3 is 0 Å². The maximum Gasteiger partial charge on any atom is 0.274 e. The molecule has 0 bridgehead atoms. The molecule has 0 spiro atoms. The van der Waals surface area contributed by atoms with Crippen LogP contribution in [0.1, 0.15) is 39.9 Å². The molecule has 5 nitrogen and oxygen atoms in total. The van der Waals surface area contributed by atoms with E-state index < -0.39 is 10.0 Å². The van der Waals surface area contributed by atoms with Crippen LogP contribution in [0.3, 0.4) is 0 Å². The van der Waals surface area contributed by atoms with Gasteiger partial charge in [0.05, 0.1) is 0 Å². The molecule has 2 aromatic heterocycles. The molecule has 0 fully saturated rings. The highest BCUT2D eigenvalue weighted by molar-refractivity contribution is 7.89. The Bertz CT molecular complexity index is 729. The highest BCUT2D eigenvalue weighted by Gasteiger charge is 2.28. The molecule has 3 rings (SSSR count). The second kappa shape index (κ2) is 5.16. The van der Waals surface area contributed by atoms with Crippen LogP contribution in [0.25, 0.3) is 0 Å². The number of carbonyl (C=O) groups is 1. The monoisotopic (exact) mass is 311 g/mol. The standard InChI is InChI=1S/C13H13NO4S2/c15-8-9-4-5-13(18-9)20(16,17)14-11-2-1-3-12-10(11)6-7-19-12/h4-8,11,14H,1-3H2. The molecule has 0 amide bonds. The average Bonchev–Trinajstić information content (AvgIpc) is 3.08. The maximum atomic E-state index is 12.2. The van der Waals surface area contributed by atoms with E-state index in [4.69, 9.17) is 4.42 Å². The van der Waals surface area contributed by atoms with Gasteiger partial charge in [-0.15, -0.1) is 11.3 Å². The van der Waals surface area contributed by atoms with Gasteiger partial charge in [-0.05, 0) is 48.4 Å². The third-order valence-electron chi connectivity index (χ3n) is 3.33. The van der Waals surface area contributed by atoms with Gasteiger partial charge in [-0.1, -0.05) is 0 Å². The largest absolute Gasteiger partial charge is 0.440 e. The van der Waals surface area contributed by atoms with Gasteiger partial charge in [0.25, 0.3) is 10.0 Å². The lowest BCUT2D eigenvalue weighted by molar-refractivity contribution is 0.109. The number of carbonyl (C=O) groups excluding carboxylic acids is 1. The van der Waals surface area contributed by atoms with E-state index in [0.29, 0.717) is 6.29 Å². The van der Waals surface area contributed by atoms with Gasteiger partial charge in [-0.3, -0.25) is 4.79 Å². The normalized spacial score (nSPS) is 18.7. The van der Waals surface area contributed by atoms with Crippen LogP contribution in [0.15, 0.2) is 33.1 Å². The fraction of sp³-hybridized carbons (Fsp3) is 0.308. The molecule has 0 radical (unpaired) electrons. The van der Waals surface area contributed by atoms with Gasteiger partial charge in [-0.2, -0.15) is 0 Å². The van der Waals surface area contributed by atoms with Crippen molar-refractivity contribution < 1.29 is 17.6 Å². The lowest BCUT2D eigenvalue weighted by Crippen LogP contribution is -2.30. The number of sulfonamides is 1. The highest BCUT2D eigenvalue weighted by atomic mass is 32.2. The second-order valence-corrected chi connectivity index (χ2v) is 7.29. The smallest absolute Gasteiger partial charge is 0.274 e. The number of thiophene rings is 1. The van der Waals surface area contributed by atoms with Gasteiger partial charge in [0, 0.05) is 10.9 Å². The molecule has 0 aromatic carbocycles. The number of hydrogen-bond donors (Lipinski definition) is 1. The van der Waals surface area contributed by atoms with Crippen molar-refractivity contribution in [2.24, 2.45) is 0 Å². The van der Waals surface area contributed by atoms with E-state index in [1.165, 1.54) is 17.0 Å². The Morgan fingerprint density at radius 2 is 2.20 bits per heavy atom. The average molecular weight is 311 g/mol. The third kappa shape index (κ3) is 2.44. The quantitative estimate of drug-likeness (QED) is 0.880. The van der Waals surface area contributed by atoms with Crippen LogP contribution in [0.2, 0.25) is 0 Å². The first-order valence-electron chi connectivity index (χ1n) is 6.24. The zero-order valence-corrected chi connectivity index (χ0v) is 12.2. The Kier molecular flexibility index (Phi) is 3.49. The van der Waals surface area contributed by atoms with E-state index in [2.05, 4.69) is 4.72 Å². The molecular weight excluding hydrogens is 298 g/mol. The summed E-state index contributed by atoms with van der Waals surface area (Å²) in [5.41, 5.74) is 1.05. The van der Waals surface area contributed by atoms with Crippen LogP contribution in [0.5, 0.6) is 0 Å². The Balaban J connectivity index is 1.86. The molecule has 0 saturated heterocycles. The summed E-state index contributed by atoms with van der Waals surface area (Å²) < 4.78 is 32.1. The van der Waals surface area contributed by atoms with Gasteiger partial charge < -0.3 is 4.42 Å². The van der Waals surface area contributed by atoms with E-state index in [1.807, 2.05) is 11.4 Å². The van der Waals surface area contributed by atoms with Crippen molar-refractivity contribution in [2.45, 2.75) is 30.4 Å². The van der Waals surface area contributed by atoms with Crippen LogP contribution in [0, 0.1) is 0 Å². The zero-order chi connectivity index (χ0) is 14.2. The lowest BCUT2D eigenvalue weighted by atomic mass is 9.95. The number of hydrogen-bond acceptors (Lipinski definition) is 5. The molecule has 1 N–H and O–H groups in total. The first kappa shape index (κ1) is 13.5. The van der Waals surface area contributed by atoms with Crippen molar-refractivity contribution in [3.8, 4) is 0 Å². The summed E-state index contributed by atoms with van der Waals surface area (Å²) in [6, 6.07) is 4.38. The van der Waals surface area contributed by atoms with Crippen molar-refractivity contribution in [2.75, 3.05) is 0 Å². The molecule has 106 valence electrons. The summed E-state index contributed by atoms with van der Waals surface area (Å²) in [7, 11) is -3.74. The molecule has 20 heavy (non-hydrogen) atoms. The predicted octanol–water partition coefficient (Wildman–Crippen LogP) is 2.51. The first-order chi connectivity index (χ1) is 9.60. The molecule has 1 aliphatic rings. The van der Waals surface area contributed by atoms with Crippen LogP contribution >= 0.6 is 11.3 Å². The van der Waals surface area contributed by atoms with Crippen LogP contribution in [0.4, 0.5) is 0 Å². The number of aldehydes is 1. The summed E-state index contributed by atoms with van der Waals surface area (Å²) in [6.07, 6.45) is 3.21. The number of fused-ring (bicyclic) bond motifs is 1. The lowest BCUT2D eigenvalue weighted by Gasteiger charge is -2.22. The Hall–Kier alpha value is -1.44. The minimum absolute atomic E-state index is 0.00485. The molecule has 1 unspecified atom stereocenters. The second-order valence-electron chi connectivity index (χ2n) is 4.64. The fourth-order valence-electron chi connectivity index (χ4n) is 2.40. The summed E-state index contributed by atoms with van der Waals surface area (Å²) in [4.78, 5) is 11.8. The molecule has 7 heteroatoms. The minimum Gasteiger partial charge on any atom is -0.440 e. The molecule has 2 heterocycles. The van der Waals surface area contributed by atoms with Crippen LogP contribution in [-0.2, 0) is 16.4 Å². The van der Waals surface area contributed by atoms with E-state index in [1.54, 1.807) is 11.3 Å². The highest BCUT2D eigenvalue weighted by Crippen LogP contribution is 2.34. The first-order valence-corrected chi connectivity index (χ1v) is 8.60. The molecular formula is C13H13NO4S2. The van der Waals surface area contributed by atoms with Crippen molar-refractivity contribution in [3.05, 3.63) is 39.8 Å². The topological polar surface area (TPSA) is 76.4 Å². The number of aryl methyl sites for hydroxylation is 1. The van der Waals surface area contributed by atoms with Crippen molar-refractivity contribution in [1.82, 2.24) is 4.72 Å². The van der Waals surface area contributed by atoms with E-state index in [0.717, 1.165) is 24.8 Å². The SMILES string of the molecule is O=Cc1ccc(S(=O)(=O)NC2CCCc3sccc32)o1. The summed E-state index contributed by atoms with van der Waals surface area (Å²) in [5.74, 6) is 0.00485. The minimum atomic E-state index is -3.74. The van der Waals surface area contributed by atoms with Crippen molar-refractivity contribution in [3.63, 3.8) is 0 Å². The number of nitrogens with one attached hydrogen (secondary N) is 1. The van der Waals surface area contributed by atoms with Gasteiger partial charge in [0.1, 0.15) is 0 Å². The number of rotatable bonds is 4. The third-order valence-corrected chi connectivity index (χ3v) is 5.67. The van der Waals surface area contributed by atoms with Crippen molar-refractivity contribution >= 4 is 27.6 Å². The Labute approximate surface area is 120 Å². The fourth-order valence-corrected chi connectivity index (χ4v) is 4.57. The summed E-state index contributed by atoms with van der Waals surface area (Å²) in [5, 5.41) is 1.76. The van der Waals surface area contributed by atoms with E-state index in [-0.39, 0.29) is 16.9 Å². The van der Waals surface area contributed by atoms with Crippen LogP contribution in [-0.4, -0.2) is 14.7 Å². The van der Waals surface area contributed by atoms with Gasteiger partial charge in [-0.25, -0.2) is 13.1 Å². The maximum absolute atomic E-state index is 12.2.